The number of para-hydroxylation sites is 4. The number of aliphatic hydroxyl groups excluding tert-OH is 4. The second kappa shape index (κ2) is 51.2. The number of carbonyl (C=O) groups excluding carboxylic acids is 4. The molecule has 0 saturated carbocycles. The van der Waals surface area contributed by atoms with Crippen LogP contribution in [0.5, 0.6) is 23.0 Å². The summed E-state index contributed by atoms with van der Waals surface area (Å²) in [6, 6.07) is 77.8. The van der Waals surface area contributed by atoms with Crippen molar-refractivity contribution in [2.45, 2.75) is 188 Å². The Morgan fingerprint density at radius 2 is 0.552 bits per heavy atom. The van der Waals surface area contributed by atoms with Crippen molar-refractivity contribution in [3.05, 3.63) is 404 Å². The van der Waals surface area contributed by atoms with Crippen LogP contribution in [0.3, 0.4) is 0 Å². The number of aliphatic hydroxyl groups is 4. The lowest BCUT2D eigenvalue weighted by molar-refractivity contribution is 0.0256. The number of hydrogen-bond acceptors (Lipinski definition) is 16. The van der Waals surface area contributed by atoms with Gasteiger partial charge in [-0.1, -0.05) is 213 Å². The van der Waals surface area contributed by atoms with Crippen molar-refractivity contribution < 1.29 is 96.5 Å². The highest BCUT2D eigenvalue weighted by atomic mass is 19.1. The molecule has 4 atom stereocenters. The number of hydrogen-bond donors (Lipinski definition) is 8. The molecule has 0 bridgehead atoms. The fraction of sp³-hybridized carbons (Fsp3) is 0.294. The van der Waals surface area contributed by atoms with Gasteiger partial charge in [0, 0.05) is 116 Å². The maximum Gasteiger partial charge on any atom is 0.338 e. The molecular formula is C119H126F4N4O16. The number of unbranched alkanes of at least 4 members (excludes halogenated alkanes) is 2. The van der Waals surface area contributed by atoms with Gasteiger partial charge in [-0.3, -0.25) is 0 Å². The minimum Gasteiger partial charge on any atom is -0.507 e. The van der Waals surface area contributed by atoms with E-state index in [4.69, 9.17) is 18.9 Å². The average Bonchev–Trinajstić information content (AvgIpc) is 1.66. The molecule has 143 heavy (non-hydrogen) atoms. The molecule has 0 radical (unpaired) electrons. The van der Waals surface area contributed by atoms with E-state index in [1.165, 1.54) is 24.3 Å². The Kier molecular flexibility index (Phi) is 37.9. The molecule has 16 rings (SSSR count). The Morgan fingerprint density at radius 3 is 0.811 bits per heavy atom. The molecule has 0 fully saturated rings. The first kappa shape index (κ1) is 106. The second-order valence-electron chi connectivity index (χ2n) is 37.5. The third-order valence-electron chi connectivity index (χ3n) is 25.2. The highest BCUT2D eigenvalue weighted by Crippen LogP contribution is 2.37. The Labute approximate surface area is 831 Å². The molecular weight excluding hydrogens is 1820 g/mol. The number of benzene rings is 12. The molecule has 0 amide bonds. The van der Waals surface area contributed by atoms with Crippen LogP contribution < -0.4 is 0 Å². The number of aryl methyl sites for hydroxylation is 3. The van der Waals surface area contributed by atoms with Crippen molar-refractivity contribution in [3.63, 3.8) is 0 Å². The predicted octanol–water partition coefficient (Wildman–Crippen LogP) is 23.6. The molecule has 746 valence electrons. The van der Waals surface area contributed by atoms with Crippen LogP contribution in [-0.4, -0.2) is 134 Å². The fourth-order valence-electron chi connectivity index (χ4n) is 17.5. The van der Waals surface area contributed by atoms with E-state index in [1.807, 2.05) is 178 Å². The Bertz CT molecular complexity index is 6840. The summed E-state index contributed by atoms with van der Waals surface area (Å²) in [6.07, 6.45) is 13.1. The first-order chi connectivity index (χ1) is 68.9. The van der Waals surface area contributed by atoms with Gasteiger partial charge in [-0.05, 0) is 222 Å². The summed E-state index contributed by atoms with van der Waals surface area (Å²) in [5, 5.41) is 88.3. The van der Waals surface area contributed by atoms with E-state index in [0.29, 0.717) is 40.5 Å². The van der Waals surface area contributed by atoms with Crippen LogP contribution in [0, 0.1) is 35.1 Å². The van der Waals surface area contributed by atoms with Gasteiger partial charge in [-0.25, -0.2) is 36.7 Å². The summed E-state index contributed by atoms with van der Waals surface area (Å²) in [5.74, 6) is -2.71. The van der Waals surface area contributed by atoms with Crippen LogP contribution >= 0.6 is 0 Å². The third kappa shape index (κ3) is 29.3. The van der Waals surface area contributed by atoms with Gasteiger partial charge in [0.1, 0.15) is 72.7 Å². The molecule has 0 aliphatic heterocycles. The number of phenols is 4. The number of aromatic hydroxyl groups is 4. The van der Waals surface area contributed by atoms with Crippen molar-refractivity contribution in [3.8, 4) is 23.0 Å². The van der Waals surface area contributed by atoms with Crippen LogP contribution in [-0.2, 0) is 90.1 Å². The molecule has 4 heterocycles. The van der Waals surface area contributed by atoms with Crippen molar-refractivity contribution in [1.82, 2.24) is 18.3 Å². The zero-order valence-corrected chi connectivity index (χ0v) is 81.7. The van der Waals surface area contributed by atoms with E-state index >= 15 is 4.39 Å². The number of aromatic nitrogens is 4. The number of fused-ring (bicyclic) bond motifs is 4. The SMILES string of the molecule is CC(C)CCCc1cc(O)c(Cn2cc(C[C@H](O)COC(=O)c3ccccc3)c3ccccc32)c(F)c1.CC(C)CCc1cc(O)c(Cn2cc(C[C@H](O)COC(=O)c3ccccc3)c3ccccc32)c(F)c1.CC(C)c1cc(O)c(Cn2cc(C[C@H](O)COC(=O)c3ccccc3)c3ccccc32)c(F)c1.CCCCCc1cc(O)c(Cn2cc(C[C@H](O)COC(=O)c3ccccc3)c3ccccc32)c(F)c1. The molecule has 0 spiro atoms. The number of nitrogens with zero attached hydrogens (tertiary/aromatic N) is 4. The molecule has 16 aromatic rings. The quantitative estimate of drug-likeness (QED) is 0.00767. The average molecular weight is 1940 g/mol. The summed E-state index contributed by atoms with van der Waals surface area (Å²) in [7, 11) is 0. The minimum absolute atomic E-state index is 0.0475. The van der Waals surface area contributed by atoms with E-state index in [0.717, 1.165) is 139 Å². The normalized spacial score (nSPS) is 12.2. The number of phenolic OH excluding ortho intramolecular Hbond substituents is 4. The van der Waals surface area contributed by atoms with Gasteiger partial charge in [-0.15, -0.1) is 0 Å². The zero-order chi connectivity index (χ0) is 102. The molecule has 12 aromatic carbocycles. The standard InChI is InChI=1S/C31H34FNO4.2C30H32FNO4.C28H28FNO4/c1-21(2)9-8-10-22-15-28(32)27(30(35)16-22)19-33-18-24(26-13-6-7-14-29(26)33)17-25(34)20-37-31(36)23-11-4-3-5-12-23;1-20(2)12-13-21-14-27(31)26(29(34)15-21)18-32-17-23(25-10-6-7-11-28(25)32)16-24(33)19-36-30(35)22-8-4-3-5-9-22;1-2-3-5-10-21-15-27(31)26(29(34)16-21)19-32-18-23(25-13-8-9-14-28(25)32)17-24(33)20-36-30(35)22-11-6-4-7-12-22;1-18(2)20-13-25(29)24(27(32)14-20)16-30-15-21(23-10-6-7-11-26(23)30)12-22(31)17-34-28(33)19-8-4-3-5-9-19/h3-7,11-16,18,21,25,34-35H,8-10,17,19-20H2,1-2H3;3-11,14-15,17,20,24,33-34H,12-13,16,18-19H2,1-2H3;4,6-9,11-16,18,24,33-34H,2-3,5,10,17,19-20H2,1H3;3-11,13-15,18,22,31-32H,12,16-17H2,1-2H3/t25-;2*24-;22-/m0000/s1. The van der Waals surface area contributed by atoms with Crippen LogP contribution in [0.25, 0.3) is 43.6 Å². The highest BCUT2D eigenvalue weighted by molar-refractivity contribution is 5.92. The summed E-state index contributed by atoms with van der Waals surface area (Å²) < 4.78 is 88.4. The van der Waals surface area contributed by atoms with E-state index in [2.05, 4.69) is 34.6 Å². The first-order valence-electron chi connectivity index (χ1n) is 48.8. The van der Waals surface area contributed by atoms with E-state index in [-0.39, 0.29) is 129 Å². The van der Waals surface area contributed by atoms with Crippen molar-refractivity contribution >= 4 is 67.5 Å². The monoisotopic (exact) mass is 1940 g/mol. The molecule has 4 aromatic heterocycles. The molecule has 20 nitrogen and oxygen atoms in total. The summed E-state index contributed by atoms with van der Waals surface area (Å²) in [6.45, 7) is 14.6. The molecule has 0 aliphatic carbocycles. The lowest BCUT2D eigenvalue weighted by Crippen LogP contribution is -2.21. The highest BCUT2D eigenvalue weighted by Gasteiger charge is 2.26. The van der Waals surface area contributed by atoms with E-state index in [1.54, 1.807) is 121 Å². The van der Waals surface area contributed by atoms with Crippen LogP contribution in [0.1, 0.15) is 201 Å². The minimum atomic E-state index is -0.901. The van der Waals surface area contributed by atoms with Crippen LogP contribution in [0.2, 0.25) is 0 Å². The Morgan fingerprint density at radius 1 is 0.301 bits per heavy atom. The van der Waals surface area contributed by atoms with Crippen molar-refractivity contribution in [1.29, 1.82) is 0 Å². The summed E-state index contributed by atoms with van der Waals surface area (Å²) in [5.41, 5.74) is 12.6. The molecule has 0 aliphatic rings. The number of halogens is 4. The van der Waals surface area contributed by atoms with Crippen LogP contribution in [0.4, 0.5) is 17.6 Å². The molecule has 8 N–H and O–H groups in total. The number of rotatable bonds is 40. The van der Waals surface area contributed by atoms with Gasteiger partial charge in [-0.2, -0.15) is 0 Å². The van der Waals surface area contributed by atoms with Gasteiger partial charge in [0.25, 0.3) is 0 Å². The number of esters is 4. The summed E-state index contributed by atoms with van der Waals surface area (Å²) >= 11 is 0. The van der Waals surface area contributed by atoms with E-state index in [9.17, 15) is 73.2 Å². The van der Waals surface area contributed by atoms with Crippen molar-refractivity contribution in [2.75, 3.05) is 26.4 Å². The maximum atomic E-state index is 15.1. The van der Waals surface area contributed by atoms with Gasteiger partial charge in [0.15, 0.2) is 0 Å². The topological polar surface area (TPSA) is 287 Å². The van der Waals surface area contributed by atoms with Gasteiger partial charge in [0.2, 0.25) is 0 Å². The largest absolute Gasteiger partial charge is 0.507 e. The lowest BCUT2D eigenvalue weighted by Gasteiger charge is -2.13. The maximum absolute atomic E-state index is 15.1. The smallest absolute Gasteiger partial charge is 0.338 e. The molecule has 0 saturated heterocycles. The lowest BCUT2D eigenvalue weighted by atomic mass is 10.0. The Balaban J connectivity index is 0.000000160. The second-order valence-corrected chi connectivity index (χ2v) is 37.5. The molecule has 24 heteroatoms. The fourth-order valence-corrected chi connectivity index (χ4v) is 17.5. The number of ether oxygens (including phenoxy) is 4. The predicted molar refractivity (Wildman–Crippen MR) is 550 cm³/mol. The third-order valence-corrected chi connectivity index (χ3v) is 25.2. The molecule has 0 unspecified atom stereocenters. The summed E-state index contributed by atoms with van der Waals surface area (Å²) in [4.78, 5) is 48.7. The Hall–Kier alpha value is -14.6. The van der Waals surface area contributed by atoms with Crippen molar-refractivity contribution in [2.24, 2.45) is 11.8 Å². The zero-order valence-electron chi connectivity index (χ0n) is 81.7. The first-order valence-corrected chi connectivity index (χ1v) is 48.8. The van der Waals surface area contributed by atoms with Gasteiger partial charge >= 0.3 is 23.9 Å². The van der Waals surface area contributed by atoms with E-state index < -0.39 is 71.6 Å². The van der Waals surface area contributed by atoms with Crippen LogP contribution in [0.15, 0.2) is 292 Å². The van der Waals surface area contributed by atoms with Gasteiger partial charge < -0.3 is 78.1 Å². The number of carbonyl (C=O) groups is 4. The van der Waals surface area contributed by atoms with Gasteiger partial charge in [0.05, 0.1) is 72.8 Å².